The Bertz CT molecular complexity index is 924. The number of amides is 1. The van der Waals surface area contributed by atoms with E-state index < -0.39 is 18.3 Å². The number of nitrogens with zero attached hydrogens (tertiary/aromatic N) is 1. The minimum atomic E-state index is -0.456. The fourth-order valence-corrected chi connectivity index (χ4v) is 3.66. The van der Waals surface area contributed by atoms with Crippen molar-refractivity contribution in [1.82, 2.24) is 0 Å². The highest BCUT2D eigenvalue weighted by Gasteiger charge is 2.52. The molecule has 1 fully saturated rings. The number of benzene rings is 2. The highest BCUT2D eigenvalue weighted by atomic mass is 16.7. The monoisotopic (exact) mass is 393 g/mol. The fraction of sp³-hybridized carbons (Fsp3) is 0.435. The first kappa shape index (κ1) is 20.0. The molecule has 2 heterocycles. The van der Waals surface area contributed by atoms with Crippen LogP contribution in [0.5, 0.6) is 5.75 Å². The van der Waals surface area contributed by atoms with E-state index in [4.69, 9.17) is 14.0 Å². The highest BCUT2D eigenvalue weighted by molar-refractivity contribution is 6.62. The lowest BCUT2D eigenvalue weighted by Gasteiger charge is -2.32. The van der Waals surface area contributed by atoms with Gasteiger partial charge in [0.25, 0.3) is 0 Å². The van der Waals surface area contributed by atoms with E-state index >= 15 is 0 Å². The van der Waals surface area contributed by atoms with Gasteiger partial charge in [0.2, 0.25) is 5.91 Å². The molecule has 2 aliphatic heterocycles. The van der Waals surface area contributed by atoms with Crippen LogP contribution in [0, 0.1) is 0 Å². The Morgan fingerprint density at radius 2 is 1.79 bits per heavy atom. The predicted octanol–water partition coefficient (Wildman–Crippen LogP) is 4.00. The summed E-state index contributed by atoms with van der Waals surface area (Å²) >= 11 is 0. The molecule has 1 amide bonds. The number of anilines is 2. The Morgan fingerprint density at radius 1 is 1.07 bits per heavy atom. The van der Waals surface area contributed by atoms with E-state index in [1.165, 1.54) is 0 Å². The van der Waals surface area contributed by atoms with Crippen LogP contribution < -0.4 is 15.1 Å². The summed E-state index contributed by atoms with van der Waals surface area (Å²) in [5.41, 5.74) is 2.81. The number of rotatable bonds is 5. The number of carbonyl (C=O) groups is 1. The van der Waals surface area contributed by atoms with Gasteiger partial charge in [-0.25, -0.2) is 0 Å². The molecule has 0 saturated carbocycles. The van der Waals surface area contributed by atoms with Crippen LogP contribution in [0.15, 0.2) is 42.5 Å². The third-order valence-corrected chi connectivity index (χ3v) is 6.02. The van der Waals surface area contributed by atoms with Gasteiger partial charge in [-0.1, -0.05) is 25.1 Å². The van der Waals surface area contributed by atoms with Crippen LogP contribution in [-0.4, -0.2) is 30.8 Å². The number of fused-ring (bicyclic) bond motifs is 1. The van der Waals surface area contributed by atoms with E-state index in [0.29, 0.717) is 13.0 Å². The first-order valence-corrected chi connectivity index (χ1v) is 10.3. The Morgan fingerprint density at radius 3 is 2.48 bits per heavy atom. The molecule has 2 aromatic rings. The van der Waals surface area contributed by atoms with Gasteiger partial charge in [-0.3, -0.25) is 9.69 Å². The third-order valence-electron chi connectivity index (χ3n) is 6.02. The summed E-state index contributed by atoms with van der Waals surface area (Å²) in [6.45, 7) is 10.9. The normalized spacial score (nSPS) is 19.6. The van der Waals surface area contributed by atoms with Crippen LogP contribution >= 0.6 is 0 Å². The van der Waals surface area contributed by atoms with Crippen LogP contribution in [0.2, 0.25) is 0 Å². The number of ether oxygens (including phenoxy) is 1. The number of hydrogen-bond donors (Lipinski definition) is 0. The van der Waals surface area contributed by atoms with Crippen molar-refractivity contribution in [1.29, 1.82) is 0 Å². The van der Waals surface area contributed by atoms with E-state index in [1.54, 1.807) is 4.90 Å². The minimum Gasteiger partial charge on any atom is -0.494 e. The van der Waals surface area contributed by atoms with E-state index in [2.05, 4.69) is 6.92 Å². The summed E-state index contributed by atoms with van der Waals surface area (Å²) in [5.74, 6) is 0.825. The molecule has 0 unspecified atom stereocenters. The summed E-state index contributed by atoms with van der Waals surface area (Å²) in [6, 6.07) is 13.7. The maximum Gasteiger partial charge on any atom is 0.494 e. The second kappa shape index (κ2) is 7.19. The maximum absolute atomic E-state index is 12.8. The van der Waals surface area contributed by atoms with E-state index in [-0.39, 0.29) is 5.91 Å². The van der Waals surface area contributed by atoms with Crippen molar-refractivity contribution < 1.29 is 18.8 Å². The second-order valence-electron chi connectivity index (χ2n) is 8.73. The molecule has 2 aliphatic rings. The summed E-state index contributed by atoms with van der Waals surface area (Å²) in [4.78, 5) is 14.6. The molecule has 1 saturated heterocycles. The first-order valence-electron chi connectivity index (χ1n) is 10.3. The molecular formula is C23H28BNO4. The predicted molar refractivity (Wildman–Crippen MR) is 115 cm³/mol. The Labute approximate surface area is 173 Å². The number of hydrogen-bond acceptors (Lipinski definition) is 4. The zero-order valence-electron chi connectivity index (χ0n) is 17.8. The Balaban J connectivity index is 1.66. The molecule has 6 heteroatoms. The zero-order chi connectivity index (χ0) is 20.8. The van der Waals surface area contributed by atoms with Crippen LogP contribution in [-0.2, 0) is 20.5 Å². The first-order chi connectivity index (χ1) is 13.7. The average molecular weight is 393 g/mol. The van der Waals surface area contributed by atoms with Crippen molar-refractivity contribution in [2.45, 2.75) is 58.7 Å². The van der Waals surface area contributed by atoms with E-state index in [1.807, 2.05) is 70.2 Å². The summed E-state index contributed by atoms with van der Waals surface area (Å²) in [5, 5.41) is 0. The van der Waals surface area contributed by atoms with Crippen molar-refractivity contribution in [2.24, 2.45) is 0 Å². The number of carbonyl (C=O) groups excluding carboxylic acids is 1. The van der Waals surface area contributed by atoms with Gasteiger partial charge in [0, 0.05) is 6.07 Å². The SMILES string of the molecule is CCCOc1cccc(N2C(=O)Cc3ccc(B4OC(C)(C)C(C)(C)O4)cc32)c1. The van der Waals surface area contributed by atoms with Crippen LogP contribution in [0.3, 0.4) is 0 Å². The lowest BCUT2D eigenvalue weighted by Crippen LogP contribution is -2.41. The average Bonchev–Trinajstić information content (AvgIpc) is 3.11. The molecule has 2 aromatic carbocycles. The fourth-order valence-electron chi connectivity index (χ4n) is 3.66. The van der Waals surface area contributed by atoms with Crippen molar-refractivity contribution in [3.05, 3.63) is 48.0 Å². The van der Waals surface area contributed by atoms with Gasteiger partial charge in [-0.2, -0.15) is 0 Å². The summed E-state index contributed by atoms with van der Waals surface area (Å²) < 4.78 is 18.1. The second-order valence-corrected chi connectivity index (χ2v) is 8.73. The summed E-state index contributed by atoms with van der Waals surface area (Å²) in [7, 11) is -0.456. The Hall–Kier alpha value is -2.31. The van der Waals surface area contributed by atoms with Crippen molar-refractivity contribution in [2.75, 3.05) is 11.5 Å². The van der Waals surface area contributed by atoms with E-state index in [9.17, 15) is 4.79 Å². The topological polar surface area (TPSA) is 48.0 Å². The maximum atomic E-state index is 12.8. The van der Waals surface area contributed by atoms with E-state index in [0.717, 1.165) is 34.6 Å². The minimum absolute atomic E-state index is 0.0544. The van der Waals surface area contributed by atoms with Gasteiger partial charge in [-0.15, -0.1) is 0 Å². The van der Waals surface area contributed by atoms with Crippen molar-refractivity contribution in [3.8, 4) is 5.75 Å². The van der Waals surface area contributed by atoms with Gasteiger partial charge in [0.05, 0.1) is 35.6 Å². The smallest absolute Gasteiger partial charge is 0.494 e. The Kier molecular flexibility index (Phi) is 4.95. The lowest BCUT2D eigenvalue weighted by molar-refractivity contribution is -0.116. The molecule has 4 rings (SSSR count). The molecular weight excluding hydrogens is 365 g/mol. The lowest BCUT2D eigenvalue weighted by atomic mass is 9.78. The zero-order valence-corrected chi connectivity index (χ0v) is 17.8. The molecule has 5 nitrogen and oxygen atoms in total. The van der Waals surface area contributed by atoms with Gasteiger partial charge in [0.1, 0.15) is 5.75 Å². The molecule has 0 bridgehead atoms. The van der Waals surface area contributed by atoms with Gasteiger partial charge >= 0.3 is 7.12 Å². The van der Waals surface area contributed by atoms with Crippen LogP contribution in [0.1, 0.15) is 46.6 Å². The van der Waals surface area contributed by atoms with Crippen molar-refractivity contribution in [3.63, 3.8) is 0 Å². The standard InChI is InChI=1S/C23H28BNO4/c1-6-12-27-19-9-7-8-18(15-19)25-20-14-17(11-10-16(20)13-21(25)26)24-28-22(2,3)23(4,5)29-24/h7-11,14-15H,6,12-13H2,1-5H3. The van der Waals surface area contributed by atoms with Crippen LogP contribution in [0.4, 0.5) is 11.4 Å². The van der Waals surface area contributed by atoms with Crippen LogP contribution in [0.25, 0.3) is 0 Å². The molecule has 29 heavy (non-hydrogen) atoms. The molecule has 0 N–H and O–H groups in total. The van der Waals surface area contributed by atoms with Gasteiger partial charge in [-0.05, 0) is 63.3 Å². The molecule has 0 spiro atoms. The molecule has 0 aromatic heterocycles. The summed E-state index contributed by atoms with van der Waals surface area (Å²) in [6.07, 6.45) is 1.33. The molecule has 0 radical (unpaired) electrons. The molecule has 0 aliphatic carbocycles. The largest absolute Gasteiger partial charge is 0.494 e. The third kappa shape index (κ3) is 3.56. The molecule has 0 atom stereocenters. The van der Waals surface area contributed by atoms with Gasteiger partial charge in [0.15, 0.2) is 0 Å². The van der Waals surface area contributed by atoms with Gasteiger partial charge < -0.3 is 14.0 Å². The quantitative estimate of drug-likeness (QED) is 0.721. The highest BCUT2D eigenvalue weighted by Crippen LogP contribution is 2.39. The van der Waals surface area contributed by atoms with Crippen molar-refractivity contribution >= 4 is 29.9 Å². The molecule has 152 valence electrons.